The highest BCUT2D eigenvalue weighted by atomic mass is 35.5. The number of halogens is 2. The topological polar surface area (TPSA) is 91.6 Å². The van der Waals surface area contributed by atoms with E-state index in [9.17, 15) is 19.1 Å². The first-order valence-corrected chi connectivity index (χ1v) is 13.6. The molecule has 0 saturated carbocycles. The molecule has 0 spiro atoms. The van der Waals surface area contributed by atoms with E-state index in [1.807, 2.05) is 9.58 Å². The van der Waals surface area contributed by atoms with Crippen molar-refractivity contribution in [2.45, 2.75) is 65.1 Å². The minimum Gasteiger partial charge on any atom is -0.478 e. The molecule has 5 rings (SSSR count). The van der Waals surface area contributed by atoms with Crippen LogP contribution in [0.2, 0.25) is 5.02 Å². The Kier molecular flexibility index (Phi) is 7.24. The number of carbonyl (C=O) groups is 2. The minimum absolute atomic E-state index is 0.0678. The highest BCUT2D eigenvalue weighted by molar-refractivity contribution is 6.31. The third-order valence-corrected chi connectivity index (χ3v) is 7.96. The second-order valence-electron chi connectivity index (χ2n) is 11.4. The van der Waals surface area contributed by atoms with Gasteiger partial charge in [0, 0.05) is 56.0 Å². The Morgan fingerprint density at radius 2 is 1.90 bits per heavy atom. The Labute approximate surface area is 232 Å². The number of hydrogen-bond donors (Lipinski definition) is 1. The number of aromatic carboxylic acids is 1. The van der Waals surface area contributed by atoms with Crippen LogP contribution in [0, 0.1) is 12.7 Å². The molecule has 0 aliphatic carbocycles. The molecule has 1 amide bonds. The number of carboxylic acids is 1. The molecule has 8 nitrogen and oxygen atoms in total. The summed E-state index contributed by atoms with van der Waals surface area (Å²) in [5.41, 5.74) is 3.98. The standard InChI is InChI=1S/C29H33ClFN5O3/c1-17-21(28(38)39)14-22-25(32-17)9-12-35(27(22)37)20-7-10-34(11-8-20)15-19-16-36(29(2,3)4)33-26(19)18-5-6-24(31)23(30)13-18/h5-6,13-14,16,20H,7-12,15H2,1-4H3,(H,38,39). The second kappa shape index (κ2) is 10.4. The van der Waals surface area contributed by atoms with Crippen molar-refractivity contribution in [1.82, 2.24) is 24.6 Å². The molecule has 39 heavy (non-hydrogen) atoms. The number of likely N-dealkylation sites (tertiary alicyclic amines) is 1. The monoisotopic (exact) mass is 553 g/mol. The Balaban J connectivity index is 1.30. The van der Waals surface area contributed by atoms with E-state index in [4.69, 9.17) is 16.7 Å². The summed E-state index contributed by atoms with van der Waals surface area (Å²) in [4.78, 5) is 33.6. The molecule has 3 aromatic rings. The third kappa shape index (κ3) is 5.43. The van der Waals surface area contributed by atoms with Crippen molar-refractivity contribution < 1.29 is 19.1 Å². The van der Waals surface area contributed by atoms with E-state index in [0.29, 0.717) is 36.5 Å². The van der Waals surface area contributed by atoms with E-state index in [1.165, 1.54) is 12.1 Å². The minimum atomic E-state index is -1.07. The number of aryl methyl sites for hydroxylation is 1. The van der Waals surface area contributed by atoms with Crippen LogP contribution in [0.5, 0.6) is 0 Å². The Morgan fingerprint density at radius 1 is 1.18 bits per heavy atom. The predicted octanol–water partition coefficient (Wildman–Crippen LogP) is 5.16. The molecule has 1 saturated heterocycles. The van der Waals surface area contributed by atoms with E-state index in [2.05, 4.69) is 36.9 Å². The van der Waals surface area contributed by atoms with Gasteiger partial charge >= 0.3 is 5.97 Å². The maximum absolute atomic E-state index is 13.8. The van der Waals surface area contributed by atoms with Crippen molar-refractivity contribution in [2.24, 2.45) is 0 Å². The fraction of sp³-hybridized carbons (Fsp3) is 0.448. The lowest BCUT2D eigenvalue weighted by Crippen LogP contribution is -2.50. The van der Waals surface area contributed by atoms with Crippen molar-refractivity contribution in [3.8, 4) is 11.3 Å². The number of amides is 1. The fourth-order valence-electron chi connectivity index (χ4n) is 5.46. The lowest BCUT2D eigenvalue weighted by Gasteiger charge is -2.40. The van der Waals surface area contributed by atoms with Gasteiger partial charge in [-0.2, -0.15) is 5.10 Å². The van der Waals surface area contributed by atoms with Crippen molar-refractivity contribution >= 4 is 23.5 Å². The van der Waals surface area contributed by atoms with Gasteiger partial charge in [-0.3, -0.25) is 19.4 Å². The number of fused-ring (bicyclic) bond motifs is 1. The van der Waals surface area contributed by atoms with E-state index < -0.39 is 11.8 Å². The molecular weight excluding hydrogens is 521 g/mol. The zero-order valence-corrected chi connectivity index (χ0v) is 23.4. The summed E-state index contributed by atoms with van der Waals surface area (Å²) < 4.78 is 15.8. The van der Waals surface area contributed by atoms with E-state index in [1.54, 1.807) is 19.1 Å². The predicted molar refractivity (Wildman–Crippen MR) is 147 cm³/mol. The number of aromatic nitrogens is 3. The number of hydrogen-bond acceptors (Lipinski definition) is 5. The molecule has 1 aromatic carbocycles. The zero-order valence-electron chi connectivity index (χ0n) is 22.7. The van der Waals surface area contributed by atoms with Crippen LogP contribution in [0.4, 0.5) is 4.39 Å². The Hall–Kier alpha value is -3.30. The molecule has 4 heterocycles. The van der Waals surface area contributed by atoms with Crippen LogP contribution >= 0.6 is 11.6 Å². The molecular formula is C29H33ClFN5O3. The first-order chi connectivity index (χ1) is 18.4. The molecule has 0 radical (unpaired) electrons. The number of benzene rings is 1. The van der Waals surface area contributed by atoms with Gasteiger partial charge < -0.3 is 10.0 Å². The summed E-state index contributed by atoms with van der Waals surface area (Å²) in [6, 6.07) is 6.27. The number of carbonyl (C=O) groups excluding carboxylic acids is 1. The molecule has 0 atom stereocenters. The summed E-state index contributed by atoms with van der Waals surface area (Å²) in [5, 5.41) is 14.4. The lowest BCUT2D eigenvalue weighted by molar-refractivity contribution is 0.0544. The van der Waals surface area contributed by atoms with Gasteiger partial charge in [-0.1, -0.05) is 11.6 Å². The SMILES string of the molecule is Cc1nc2c(cc1C(=O)O)C(=O)N(C1CCN(Cc3cn(C(C)(C)C)nc3-c3ccc(F)c(Cl)c3)CC1)CC2. The van der Waals surface area contributed by atoms with Gasteiger partial charge in [-0.15, -0.1) is 0 Å². The Bertz CT molecular complexity index is 1440. The summed E-state index contributed by atoms with van der Waals surface area (Å²) in [6.45, 7) is 10.8. The van der Waals surface area contributed by atoms with E-state index >= 15 is 0 Å². The average Bonchev–Trinajstić information content (AvgIpc) is 3.30. The van der Waals surface area contributed by atoms with Crippen LogP contribution in [0.3, 0.4) is 0 Å². The molecule has 0 unspecified atom stereocenters. The van der Waals surface area contributed by atoms with Gasteiger partial charge in [-0.05, 0) is 64.8 Å². The van der Waals surface area contributed by atoms with E-state index in [0.717, 1.165) is 42.8 Å². The number of carboxylic acid groups (broad SMARTS) is 1. The molecule has 2 aliphatic heterocycles. The number of pyridine rings is 1. The molecule has 2 aromatic heterocycles. The highest BCUT2D eigenvalue weighted by Gasteiger charge is 2.34. The van der Waals surface area contributed by atoms with E-state index in [-0.39, 0.29) is 28.1 Å². The first kappa shape index (κ1) is 27.3. The van der Waals surface area contributed by atoms with Crippen LogP contribution < -0.4 is 0 Å². The highest BCUT2D eigenvalue weighted by Crippen LogP contribution is 2.31. The summed E-state index contributed by atoms with van der Waals surface area (Å²) in [7, 11) is 0. The first-order valence-electron chi connectivity index (χ1n) is 13.2. The molecule has 1 fully saturated rings. The van der Waals surface area contributed by atoms with Crippen molar-refractivity contribution in [2.75, 3.05) is 19.6 Å². The quantitative estimate of drug-likeness (QED) is 0.469. The number of rotatable bonds is 5. The molecule has 0 bridgehead atoms. The Morgan fingerprint density at radius 3 is 2.54 bits per heavy atom. The van der Waals surface area contributed by atoms with Crippen LogP contribution in [0.25, 0.3) is 11.3 Å². The van der Waals surface area contributed by atoms with Crippen LogP contribution in [0.1, 0.15) is 71.3 Å². The summed E-state index contributed by atoms with van der Waals surface area (Å²) in [6.07, 6.45) is 4.31. The van der Waals surface area contributed by atoms with Gasteiger partial charge in [0.25, 0.3) is 5.91 Å². The van der Waals surface area contributed by atoms with Gasteiger partial charge in [-0.25, -0.2) is 9.18 Å². The van der Waals surface area contributed by atoms with Gasteiger partial charge in [0.2, 0.25) is 0 Å². The smallest absolute Gasteiger partial charge is 0.337 e. The van der Waals surface area contributed by atoms with Gasteiger partial charge in [0.15, 0.2) is 0 Å². The maximum atomic E-state index is 13.8. The van der Waals surface area contributed by atoms with Gasteiger partial charge in [0.05, 0.1) is 38.8 Å². The number of nitrogens with zero attached hydrogens (tertiary/aromatic N) is 5. The molecule has 206 valence electrons. The molecule has 10 heteroatoms. The fourth-order valence-corrected chi connectivity index (χ4v) is 5.64. The van der Waals surface area contributed by atoms with Gasteiger partial charge in [0.1, 0.15) is 5.82 Å². The van der Waals surface area contributed by atoms with Crippen molar-refractivity contribution in [3.63, 3.8) is 0 Å². The molecule has 1 N–H and O–H groups in total. The van der Waals surface area contributed by atoms with Crippen LogP contribution in [-0.2, 0) is 18.5 Å². The van der Waals surface area contributed by atoms with Crippen LogP contribution in [0.15, 0.2) is 30.5 Å². The third-order valence-electron chi connectivity index (χ3n) is 7.67. The zero-order chi connectivity index (χ0) is 28.1. The normalized spacial score (nSPS) is 17.0. The summed E-state index contributed by atoms with van der Waals surface area (Å²) >= 11 is 6.08. The lowest BCUT2D eigenvalue weighted by atomic mass is 9.96. The van der Waals surface area contributed by atoms with Crippen molar-refractivity contribution in [1.29, 1.82) is 0 Å². The summed E-state index contributed by atoms with van der Waals surface area (Å²) in [5.74, 6) is -1.66. The number of piperidine rings is 1. The average molecular weight is 554 g/mol. The van der Waals surface area contributed by atoms with Crippen molar-refractivity contribution in [3.05, 3.63) is 69.4 Å². The maximum Gasteiger partial charge on any atom is 0.337 e. The second-order valence-corrected chi connectivity index (χ2v) is 11.8. The van der Waals surface area contributed by atoms with Crippen LogP contribution in [-0.4, -0.2) is 67.2 Å². The molecule has 2 aliphatic rings. The largest absolute Gasteiger partial charge is 0.478 e.